The molecule has 0 saturated carbocycles. The maximum absolute atomic E-state index is 12.2. The van der Waals surface area contributed by atoms with E-state index in [1.54, 1.807) is 71.4 Å². The Balaban J connectivity index is 2.03. The van der Waals surface area contributed by atoms with Crippen molar-refractivity contribution in [2.24, 2.45) is 3.21 Å². The Morgan fingerprint density at radius 1 is 1.00 bits per heavy atom. The van der Waals surface area contributed by atoms with Crippen molar-refractivity contribution in [2.45, 2.75) is 0 Å². The first-order chi connectivity index (χ1) is 11.1. The van der Waals surface area contributed by atoms with Crippen LogP contribution in [-0.4, -0.2) is 18.2 Å². The van der Waals surface area contributed by atoms with Gasteiger partial charge in [-0.25, -0.2) is 3.21 Å². The SMILES string of the molecule is Nc1ccccc1NC(=O)c1ccc(C(=O)NNC=NI)cc1. The Morgan fingerprint density at radius 3 is 2.22 bits per heavy atom. The molecule has 8 heteroatoms. The molecular weight excluding hydrogens is 409 g/mol. The van der Waals surface area contributed by atoms with Crippen molar-refractivity contribution in [3.8, 4) is 0 Å². The molecule has 2 aromatic rings. The van der Waals surface area contributed by atoms with Crippen molar-refractivity contribution < 1.29 is 9.59 Å². The summed E-state index contributed by atoms with van der Waals surface area (Å²) in [5.41, 5.74) is 12.6. The molecule has 0 fully saturated rings. The molecule has 0 bridgehead atoms. The second-order valence-electron chi connectivity index (χ2n) is 4.44. The average Bonchev–Trinajstić information content (AvgIpc) is 2.57. The molecule has 0 atom stereocenters. The maximum atomic E-state index is 12.2. The highest BCUT2D eigenvalue weighted by Crippen LogP contribution is 2.18. The van der Waals surface area contributed by atoms with Gasteiger partial charge < -0.3 is 11.1 Å². The zero-order chi connectivity index (χ0) is 16.7. The van der Waals surface area contributed by atoms with Crippen LogP contribution in [-0.2, 0) is 0 Å². The summed E-state index contributed by atoms with van der Waals surface area (Å²) in [6.45, 7) is 0. The second-order valence-corrected chi connectivity index (χ2v) is 5.00. The number of rotatable bonds is 5. The van der Waals surface area contributed by atoms with Gasteiger partial charge in [0.15, 0.2) is 0 Å². The first-order valence-corrected chi connectivity index (χ1v) is 7.53. The molecule has 2 rings (SSSR count). The number of nitrogen functional groups attached to an aromatic ring is 1. The van der Waals surface area contributed by atoms with Gasteiger partial charge in [-0.3, -0.25) is 20.4 Å². The van der Waals surface area contributed by atoms with Gasteiger partial charge in [0.25, 0.3) is 11.8 Å². The third-order valence-corrected chi connectivity index (χ3v) is 3.20. The smallest absolute Gasteiger partial charge is 0.269 e. The number of nitrogens with two attached hydrogens (primary N) is 1. The summed E-state index contributed by atoms with van der Waals surface area (Å²) < 4.78 is 3.64. The molecule has 0 aliphatic carbocycles. The van der Waals surface area contributed by atoms with E-state index in [0.29, 0.717) is 22.5 Å². The molecule has 23 heavy (non-hydrogen) atoms. The zero-order valence-corrected chi connectivity index (χ0v) is 14.1. The summed E-state index contributed by atoms with van der Waals surface area (Å²) in [5.74, 6) is -0.634. The normalized spacial score (nSPS) is 10.3. The van der Waals surface area contributed by atoms with Gasteiger partial charge in [0, 0.05) is 11.1 Å². The predicted molar refractivity (Wildman–Crippen MR) is 98.4 cm³/mol. The van der Waals surface area contributed by atoms with E-state index < -0.39 is 0 Å². The Labute approximate surface area is 146 Å². The quantitative estimate of drug-likeness (QED) is 0.194. The first kappa shape index (κ1) is 16.7. The minimum atomic E-state index is -0.333. The summed E-state index contributed by atoms with van der Waals surface area (Å²) in [6.07, 6.45) is 1.34. The highest BCUT2D eigenvalue weighted by Gasteiger charge is 2.09. The number of halogens is 1. The number of hydrogen-bond donors (Lipinski definition) is 4. The zero-order valence-electron chi connectivity index (χ0n) is 11.9. The van der Waals surface area contributed by atoms with Crippen LogP contribution in [0.3, 0.4) is 0 Å². The largest absolute Gasteiger partial charge is 0.397 e. The summed E-state index contributed by atoms with van der Waals surface area (Å²) in [4.78, 5) is 23.9. The van der Waals surface area contributed by atoms with E-state index in [-0.39, 0.29) is 11.8 Å². The van der Waals surface area contributed by atoms with Gasteiger partial charge in [-0.15, -0.1) is 0 Å². The molecular formula is C15H14IN5O2. The summed E-state index contributed by atoms with van der Waals surface area (Å²) in [7, 11) is 0. The number of anilines is 2. The Kier molecular flexibility index (Phi) is 5.92. The molecule has 0 aliphatic heterocycles. The molecule has 0 radical (unpaired) electrons. The van der Waals surface area contributed by atoms with Gasteiger partial charge in [0.05, 0.1) is 34.2 Å². The molecule has 0 heterocycles. The summed E-state index contributed by atoms with van der Waals surface area (Å²) >= 11 is 1.77. The Hall–Kier alpha value is -2.62. The van der Waals surface area contributed by atoms with E-state index in [4.69, 9.17) is 5.73 Å². The van der Waals surface area contributed by atoms with Crippen molar-refractivity contribution >= 4 is 52.4 Å². The summed E-state index contributed by atoms with van der Waals surface area (Å²) in [6, 6.07) is 13.2. The molecule has 2 aromatic carbocycles. The fourth-order valence-electron chi connectivity index (χ4n) is 1.77. The maximum Gasteiger partial charge on any atom is 0.269 e. The Bertz CT molecular complexity index is 731. The number of para-hydroxylation sites is 2. The first-order valence-electron chi connectivity index (χ1n) is 6.56. The van der Waals surface area contributed by atoms with Crippen LogP contribution in [0.25, 0.3) is 0 Å². The molecule has 7 nitrogen and oxygen atoms in total. The molecule has 0 spiro atoms. The third-order valence-electron chi connectivity index (χ3n) is 2.92. The molecule has 5 N–H and O–H groups in total. The van der Waals surface area contributed by atoms with Gasteiger partial charge in [0.2, 0.25) is 0 Å². The van der Waals surface area contributed by atoms with Crippen molar-refractivity contribution in [3.63, 3.8) is 0 Å². The van der Waals surface area contributed by atoms with Crippen LogP contribution in [0.1, 0.15) is 20.7 Å². The highest BCUT2D eigenvalue weighted by atomic mass is 127. The van der Waals surface area contributed by atoms with Crippen LogP contribution >= 0.6 is 22.9 Å². The minimum Gasteiger partial charge on any atom is -0.397 e. The molecule has 0 aromatic heterocycles. The highest BCUT2D eigenvalue weighted by molar-refractivity contribution is 14.1. The lowest BCUT2D eigenvalue weighted by atomic mass is 10.1. The molecule has 0 saturated heterocycles. The minimum absolute atomic E-state index is 0.301. The lowest BCUT2D eigenvalue weighted by molar-refractivity contribution is 0.0943. The number of benzene rings is 2. The van der Waals surface area contributed by atoms with E-state index in [2.05, 4.69) is 19.4 Å². The molecule has 118 valence electrons. The van der Waals surface area contributed by atoms with E-state index in [1.807, 2.05) is 0 Å². The monoisotopic (exact) mass is 423 g/mol. The lowest BCUT2D eigenvalue weighted by Gasteiger charge is -2.08. The number of hydrogen-bond acceptors (Lipinski definition) is 4. The molecule has 0 aliphatic rings. The van der Waals surface area contributed by atoms with Crippen LogP contribution in [0, 0.1) is 0 Å². The molecule has 2 amide bonds. The standard InChI is InChI=1S/C15H14IN5O2/c16-18-9-19-21-15(23)11-7-5-10(6-8-11)14(22)20-13-4-2-1-3-12(13)17/h1-9H,17H2,(H,18,19)(H,20,22)(H,21,23). The Morgan fingerprint density at radius 2 is 1.61 bits per heavy atom. The van der Waals surface area contributed by atoms with Crippen molar-refractivity contribution in [1.82, 2.24) is 10.9 Å². The number of nitrogens with one attached hydrogen (secondary N) is 3. The van der Waals surface area contributed by atoms with Crippen LogP contribution in [0.15, 0.2) is 51.7 Å². The third kappa shape index (κ3) is 4.68. The lowest BCUT2D eigenvalue weighted by Crippen LogP contribution is -2.36. The van der Waals surface area contributed by atoms with Crippen LogP contribution < -0.4 is 21.9 Å². The van der Waals surface area contributed by atoms with E-state index in [1.165, 1.54) is 6.34 Å². The van der Waals surface area contributed by atoms with E-state index in [0.717, 1.165) is 0 Å². The summed E-state index contributed by atoms with van der Waals surface area (Å²) in [5, 5.41) is 2.72. The number of carbonyl (C=O) groups is 2. The number of carbonyl (C=O) groups excluding carboxylic acids is 2. The predicted octanol–water partition coefficient (Wildman–Crippen LogP) is 2.13. The second kappa shape index (κ2) is 8.13. The fraction of sp³-hybridized carbons (Fsp3) is 0. The van der Waals surface area contributed by atoms with Crippen LogP contribution in [0.4, 0.5) is 11.4 Å². The van der Waals surface area contributed by atoms with Gasteiger partial charge >= 0.3 is 0 Å². The van der Waals surface area contributed by atoms with Gasteiger partial charge in [0.1, 0.15) is 6.34 Å². The van der Waals surface area contributed by atoms with Gasteiger partial charge in [-0.2, -0.15) is 0 Å². The van der Waals surface area contributed by atoms with Crippen LogP contribution in [0.5, 0.6) is 0 Å². The van der Waals surface area contributed by atoms with E-state index in [9.17, 15) is 9.59 Å². The van der Waals surface area contributed by atoms with Crippen molar-refractivity contribution in [3.05, 3.63) is 59.7 Å². The van der Waals surface area contributed by atoms with Gasteiger partial charge in [-0.05, 0) is 36.4 Å². The van der Waals surface area contributed by atoms with E-state index >= 15 is 0 Å². The number of nitrogens with zero attached hydrogens (tertiary/aromatic N) is 1. The van der Waals surface area contributed by atoms with Gasteiger partial charge in [-0.1, -0.05) is 12.1 Å². The average molecular weight is 423 g/mol. The van der Waals surface area contributed by atoms with Crippen molar-refractivity contribution in [1.29, 1.82) is 0 Å². The number of hydrazine groups is 1. The van der Waals surface area contributed by atoms with Crippen molar-refractivity contribution in [2.75, 3.05) is 11.1 Å². The van der Waals surface area contributed by atoms with Crippen LogP contribution in [0.2, 0.25) is 0 Å². The topological polar surface area (TPSA) is 109 Å². The fourth-order valence-corrected chi connectivity index (χ4v) is 1.91. The number of amides is 2. The molecule has 0 unspecified atom stereocenters.